The van der Waals surface area contributed by atoms with Crippen molar-refractivity contribution in [3.8, 4) is 5.75 Å². The standard InChI is InChI=1S/C20H28N4O2/c1-4-26-18-8-6-5-7-16(18)14-23(17-9-10-17)20(25)22-19-11-12-21-24(19)13-15(2)3/h5-8,11-12,15,17H,4,9-10,13-14H2,1-3H3,(H,22,25). The number of carbonyl (C=O) groups excluding carboxylic acids is 1. The quantitative estimate of drug-likeness (QED) is 0.773. The lowest BCUT2D eigenvalue weighted by molar-refractivity contribution is 0.204. The molecule has 1 aliphatic rings. The molecule has 0 unspecified atom stereocenters. The van der Waals surface area contributed by atoms with E-state index < -0.39 is 0 Å². The summed E-state index contributed by atoms with van der Waals surface area (Å²) >= 11 is 0. The van der Waals surface area contributed by atoms with Gasteiger partial charge in [0.15, 0.2) is 0 Å². The van der Waals surface area contributed by atoms with Gasteiger partial charge in [0.25, 0.3) is 0 Å². The molecule has 3 rings (SSSR count). The second-order valence-corrected chi connectivity index (χ2v) is 7.12. The predicted molar refractivity (Wildman–Crippen MR) is 102 cm³/mol. The van der Waals surface area contributed by atoms with Crippen molar-refractivity contribution in [1.29, 1.82) is 0 Å². The molecular formula is C20H28N4O2. The average molecular weight is 356 g/mol. The van der Waals surface area contributed by atoms with Gasteiger partial charge >= 0.3 is 6.03 Å². The molecule has 0 saturated heterocycles. The van der Waals surface area contributed by atoms with E-state index in [1.165, 1.54) is 0 Å². The van der Waals surface area contributed by atoms with Gasteiger partial charge in [-0.05, 0) is 31.7 Å². The maximum Gasteiger partial charge on any atom is 0.323 e. The van der Waals surface area contributed by atoms with E-state index in [1.807, 2.05) is 46.8 Å². The van der Waals surface area contributed by atoms with Crippen molar-refractivity contribution in [3.63, 3.8) is 0 Å². The van der Waals surface area contributed by atoms with E-state index in [0.717, 1.165) is 36.5 Å². The Bertz CT molecular complexity index is 737. The SMILES string of the molecule is CCOc1ccccc1CN(C(=O)Nc1ccnn1CC(C)C)C1CC1. The second kappa shape index (κ2) is 8.25. The summed E-state index contributed by atoms with van der Waals surface area (Å²) in [4.78, 5) is 14.8. The molecule has 1 aromatic carbocycles. The van der Waals surface area contributed by atoms with E-state index in [2.05, 4.69) is 24.3 Å². The molecule has 140 valence electrons. The molecule has 0 aliphatic heterocycles. The van der Waals surface area contributed by atoms with Crippen LogP contribution in [0.15, 0.2) is 36.5 Å². The lowest BCUT2D eigenvalue weighted by atomic mass is 10.2. The summed E-state index contributed by atoms with van der Waals surface area (Å²) in [6, 6.07) is 9.99. The van der Waals surface area contributed by atoms with Gasteiger partial charge in [-0.15, -0.1) is 0 Å². The summed E-state index contributed by atoms with van der Waals surface area (Å²) in [6.45, 7) is 8.17. The molecule has 1 heterocycles. The Labute approximate surface area is 155 Å². The van der Waals surface area contributed by atoms with Gasteiger partial charge in [-0.25, -0.2) is 9.48 Å². The molecule has 1 saturated carbocycles. The minimum Gasteiger partial charge on any atom is -0.494 e. The van der Waals surface area contributed by atoms with E-state index in [1.54, 1.807) is 6.20 Å². The lowest BCUT2D eigenvalue weighted by Gasteiger charge is -2.24. The van der Waals surface area contributed by atoms with Crippen LogP contribution < -0.4 is 10.1 Å². The molecule has 1 fully saturated rings. The number of nitrogens with zero attached hydrogens (tertiary/aromatic N) is 3. The van der Waals surface area contributed by atoms with E-state index in [9.17, 15) is 4.79 Å². The van der Waals surface area contributed by atoms with Crippen LogP contribution in [0.2, 0.25) is 0 Å². The van der Waals surface area contributed by atoms with Crippen molar-refractivity contribution in [2.45, 2.75) is 52.7 Å². The molecule has 0 bridgehead atoms. The zero-order chi connectivity index (χ0) is 18.5. The first-order valence-electron chi connectivity index (χ1n) is 9.38. The van der Waals surface area contributed by atoms with Gasteiger partial charge in [0.05, 0.1) is 19.3 Å². The number of nitrogens with one attached hydrogen (secondary N) is 1. The third-order valence-electron chi connectivity index (χ3n) is 4.35. The van der Waals surface area contributed by atoms with Gasteiger partial charge in [0.2, 0.25) is 0 Å². The summed E-state index contributed by atoms with van der Waals surface area (Å²) in [7, 11) is 0. The number of para-hydroxylation sites is 1. The topological polar surface area (TPSA) is 59.4 Å². The Balaban J connectivity index is 1.73. The highest BCUT2D eigenvalue weighted by atomic mass is 16.5. The van der Waals surface area contributed by atoms with Gasteiger partial charge in [-0.1, -0.05) is 32.0 Å². The van der Waals surface area contributed by atoms with Crippen molar-refractivity contribution in [3.05, 3.63) is 42.1 Å². The molecule has 2 aromatic rings. The normalized spacial score (nSPS) is 13.7. The Hall–Kier alpha value is -2.50. The molecule has 6 nitrogen and oxygen atoms in total. The van der Waals surface area contributed by atoms with Gasteiger partial charge in [0.1, 0.15) is 11.6 Å². The maximum atomic E-state index is 12.9. The number of rotatable bonds is 8. The first-order chi connectivity index (χ1) is 12.6. The van der Waals surface area contributed by atoms with Crippen LogP contribution in [0.3, 0.4) is 0 Å². The van der Waals surface area contributed by atoms with Gasteiger partial charge in [-0.2, -0.15) is 5.10 Å². The first-order valence-corrected chi connectivity index (χ1v) is 9.38. The van der Waals surface area contributed by atoms with Crippen molar-refractivity contribution in [2.75, 3.05) is 11.9 Å². The highest BCUT2D eigenvalue weighted by molar-refractivity contribution is 5.88. The van der Waals surface area contributed by atoms with E-state index >= 15 is 0 Å². The molecule has 26 heavy (non-hydrogen) atoms. The van der Waals surface area contributed by atoms with Crippen LogP contribution in [0.25, 0.3) is 0 Å². The Kier molecular flexibility index (Phi) is 5.81. The summed E-state index contributed by atoms with van der Waals surface area (Å²) in [5.41, 5.74) is 1.03. The number of carbonyl (C=O) groups is 1. The van der Waals surface area contributed by atoms with Crippen molar-refractivity contribution >= 4 is 11.8 Å². The van der Waals surface area contributed by atoms with Gasteiger partial charge < -0.3 is 9.64 Å². The number of hydrogen-bond acceptors (Lipinski definition) is 3. The first kappa shape index (κ1) is 18.3. The molecule has 0 radical (unpaired) electrons. The Morgan fingerprint density at radius 3 is 2.81 bits per heavy atom. The molecule has 1 N–H and O–H groups in total. The number of hydrogen-bond donors (Lipinski definition) is 1. The number of amides is 2. The largest absolute Gasteiger partial charge is 0.494 e. The minimum absolute atomic E-state index is 0.0793. The maximum absolute atomic E-state index is 12.9. The molecular weight excluding hydrogens is 328 g/mol. The van der Waals surface area contributed by atoms with Crippen LogP contribution in [0.4, 0.5) is 10.6 Å². The Morgan fingerprint density at radius 1 is 1.35 bits per heavy atom. The summed E-state index contributed by atoms with van der Waals surface area (Å²) in [5, 5.41) is 7.35. The van der Waals surface area contributed by atoms with Crippen LogP contribution in [0, 0.1) is 5.92 Å². The highest BCUT2D eigenvalue weighted by Gasteiger charge is 2.33. The molecule has 0 spiro atoms. The Morgan fingerprint density at radius 2 is 2.12 bits per heavy atom. The van der Waals surface area contributed by atoms with Crippen LogP contribution in [-0.4, -0.2) is 33.4 Å². The van der Waals surface area contributed by atoms with Gasteiger partial charge in [0, 0.05) is 24.2 Å². The van der Waals surface area contributed by atoms with Crippen molar-refractivity contribution in [2.24, 2.45) is 5.92 Å². The highest BCUT2D eigenvalue weighted by Crippen LogP contribution is 2.31. The molecule has 2 amide bonds. The van der Waals surface area contributed by atoms with E-state index in [-0.39, 0.29) is 6.03 Å². The molecule has 0 atom stereocenters. The fourth-order valence-electron chi connectivity index (χ4n) is 2.98. The lowest BCUT2D eigenvalue weighted by Crippen LogP contribution is -2.37. The summed E-state index contributed by atoms with van der Waals surface area (Å²) < 4.78 is 7.56. The monoisotopic (exact) mass is 356 g/mol. The average Bonchev–Trinajstić information content (AvgIpc) is 3.36. The van der Waals surface area contributed by atoms with Gasteiger partial charge in [-0.3, -0.25) is 5.32 Å². The fourth-order valence-corrected chi connectivity index (χ4v) is 2.98. The molecule has 6 heteroatoms. The van der Waals surface area contributed by atoms with E-state index in [4.69, 9.17) is 4.74 Å². The van der Waals surface area contributed by atoms with Crippen molar-refractivity contribution in [1.82, 2.24) is 14.7 Å². The summed E-state index contributed by atoms with van der Waals surface area (Å²) in [6.07, 6.45) is 3.83. The molecule has 1 aromatic heterocycles. The number of ether oxygens (including phenoxy) is 1. The number of benzene rings is 1. The van der Waals surface area contributed by atoms with Crippen LogP contribution >= 0.6 is 0 Å². The van der Waals surface area contributed by atoms with E-state index in [0.29, 0.717) is 25.1 Å². The molecule has 1 aliphatic carbocycles. The third kappa shape index (κ3) is 4.56. The third-order valence-corrected chi connectivity index (χ3v) is 4.35. The second-order valence-electron chi connectivity index (χ2n) is 7.12. The van der Waals surface area contributed by atoms with Crippen molar-refractivity contribution < 1.29 is 9.53 Å². The summed E-state index contributed by atoms with van der Waals surface area (Å²) in [5.74, 6) is 2.05. The number of urea groups is 1. The van der Waals surface area contributed by atoms with Crippen LogP contribution in [0.5, 0.6) is 5.75 Å². The fraction of sp³-hybridized carbons (Fsp3) is 0.500. The zero-order valence-electron chi connectivity index (χ0n) is 15.8. The number of anilines is 1. The predicted octanol–water partition coefficient (Wildman–Crippen LogP) is 4.13. The number of aromatic nitrogens is 2. The van der Waals surface area contributed by atoms with Crippen LogP contribution in [-0.2, 0) is 13.1 Å². The van der Waals surface area contributed by atoms with Crippen LogP contribution in [0.1, 0.15) is 39.2 Å². The smallest absolute Gasteiger partial charge is 0.323 e. The zero-order valence-corrected chi connectivity index (χ0v) is 15.8. The minimum atomic E-state index is -0.0793.